The number of aryl methyl sites for hydroxylation is 1. The number of hydrogen-bond donors (Lipinski definition) is 2. The second-order valence-electron chi connectivity index (χ2n) is 6.20. The summed E-state index contributed by atoms with van der Waals surface area (Å²) in [5.74, 6) is -1.15. The predicted octanol–water partition coefficient (Wildman–Crippen LogP) is 3.76. The largest absolute Gasteiger partial charge is 0.347 e. The average Bonchev–Trinajstić information content (AvgIpc) is 3.37. The maximum atomic E-state index is 13.7. The molecular weight excluding hydrogens is 387 g/mol. The van der Waals surface area contributed by atoms with E-state index in [-0.39, 0.29) is 36.0 Å². The Bertz CT molecular complexity index is 825. The van der Waals surface area contributed by atoms with Crippen molar-refractivity contribution in [3.63, 3.8) is 0 Å². The van der Waals surface area contributed by atoms with Crippen molar-refractivity contribution in [1.82, 2.24) is 5.32 Å². The van der Waals surface area contributed by atoms with E-state index in [9.17, 15) is 14.0 Å². The van der Waals surface area contributed by atoms with E-state index in [1.165, 1.54) is 6.07 Å². The molecule has 2 unspecified atom stereocenters. The van der Waals surface area contributed by atoms with Gasteiger partial charge in [-0.05, 0) is 54.7 Å². The Morgan fingerprint density at radius 1 is 1.24 bits per heavy atom. The van der Waals surface area contributed by atoms with Gasteiger partial charge in [0.2, 0.25) is 11.8 Å². The molecule has 4 nitrogen and oxygen atoms in total. The zero-order valence-electron chi connectivity index (χ0n) is 13.7. The SMILES string of the molecule is Cc1cc(NC(=O)CNC(=O)C2CC2c2ccccc2F)ccc1Br. The van der Waals surface area contributed by atoms with E-state index in [2.05, 4.69) is 26.6 Å². The standard InChI is InChI=1S/C19H18BrFN2O2/c1-11-8-12(6-7-16(11)20)23-18(24)10-22-19(25)15-9-14(15)13-4-2-3-5-17(13)21/h2-8,14-15H,9-10H2,1H3,(H,22,25)(H,23,24). The fraction of sp³-hybridized carbons (Fsp3) is 0.263. The molecule has 0 radical (unpaired) electrons. The number of halogens is 2. The van der Waals surface area contributed by atoms with Crippen LogP contribution in [-0.4, -0.2) is 18.4 Å². The Labute approximate surface area is 153 Å². The van der Waals surface area contributed by atoms with Crippen LogP contribution in [0.3, 0.4) is 0 Å². The number of anilines is 1. The normalized spacial score (nSPS) is 18.5. The third-order valence-electron chi connectivity index (χ3n) is 4.30. The van der Waals surface area contributed by atoms with Gasteiger partial charge >= 0.3 is 0 Å². The van der Waals surface area contributed by atoms with E-state index in [4.69, 9.17) is 0 Å². The molecule has 0 aliphatic heterocycles. The minimum Gasteiger partial charge on any atom is -0.347 e. The lowest BCUT2D eigenvalue weighted by Gasteiger charge is -2.08. The molecule has 0 aromatic heterocycles. The van der Waals surface area contributed by atoms with E-state index < -0.39 is 0 Å². The average molecular weight is 405 g/mol. The van der Waals surface area contributed by atoms with E-state index >= 15 is 0 Å². The lowest BCUT2D eigenvalue weighted by molar-refractivity contribution is -0.125. The van der Waals surface area contributed by atoms with Gasteiger partial charge in [-0.15, -0.1) is 0 Å². The van der Waals surface area contributed by atoms with Gasteiger partial charge in [0.05, 0.1) is 6.54 Å². The first-order valence-corrected chi connectivity index (χ1v) is 8.83. The summed E-state index contributed by atoms with van der Waals surface area (Å²) in [4.78, 5) is 24.1. The van der Waals surface area contributed by atoms with E-state index in [1.807, 2.05) is 19.1 Å². The van der Waals surface area contributed by atoms with Crippen molar-refractivity contribution in [3.8, 4) is 0 Å². The lowest BCUT2D eigenvalue weighted by Crippen LogP contribution is -2.34. The van der Waals surface area contributed by atoms with Gasteiger partial charge in [-0.1, -0.05) is 34.1 Å². The number of amides is 2. The first-order valence-electron chi connectivity index (χ1n) is 8.04. The summed E-state index contributed by atoms with van der Waals surface area (Å²) >= 11 is 3.40. The molecule has 1 aliphatic carbocycles. The van der Waals surface area contributed by atoms with Crippen LogP contribution in [0.1, 0.15) is 23.5 Å². The van der Waals surface area contributed by atoms with Crippen LogP contribution in [0.2, 0.25) is 0 Å². The van der Waals surface area contributed by atoms with Gasteiger partial charge in [0.1, 0.15) is 5.82 Å². The molecule has 130 valence electrons. The molecule has 6 heteroatoms. The lowest BCUT2D eigenvalue weighted by atomic mass is 10.1. The summed E-state index contributed by atoms with van der Waals surface area (Å²) in [5, 5.41) is 5.37. The van der Waals surface area contributed by atoms with Gasteiger partial charge in [-0.3, -0.25) is 9.59 Å². The van der Waals surface area contributed by atoms with Crippen LogP contribution in [0.4, 0.5) is 10.1 Å². The second kappa shape index (κ2) is 7.35. The third kappa shape index (κ3) is 4.25. The number of carbonyl (C=O) groups excluding carboxylic acids is 2. The monoisotopic (exact) mass is 404 g/mol. The first-order chi connectivity index (χ1) is 12.0. The van der Waals surface area contributed by atoms with Crippen LogP contribution in [0.25, 0.3) is 0 Å². The van der Waals surface area contributed by atoms with Gasteiger partial charge in [0, 0.05) is 16.1 Å². The van der Waals surface area contributed by atoms with Crippen molar-refractivity contribution in [3.05, 3.63) is 63.9 Å². The Morgan fingerprint density at radius 3 is 2.72 bits per heavy atom. The summed E-state index contributed by atoms with van der Waals surface area (Å²) < 4.78 is 14.7. The molecule has 2 aromatic rings. The van der Waals surface area contributed by atoms with Crippen LogP contribution in [0.15, 0.2) is 46.9 Å². The maximum absolute atomic E-state index is 13.7. The van der Waals surface area contributed by atoms with Gasteiger partial charge in [-0.25, -0.2) is 4.39 Å². The Morgan fingerprint density at radius 2 is 2.00 bits per heavy atom. The van der Waals surface area contributed by atoms with Crippen LogP contribution >= 0.6 is 15.9 Å². The highest BCUT2D eigenvalue weighted by Crippen LogP contribution is 2.48. The Kier molecular flexibility index (Phi) is 5.18. The zero-order valence-corrected chi connectivity index (χ0v) is 15.3. The summed E-state index contributed by atoms with van der Waals surface area (Å²) in [7, 11) is 0. The van der Waals surface area contributed by atoms with E-state index in [0.29, 0.717) is 17.7 Å². The summed E-state index contributed by atoms with van der Waals surface area (Å²) in [6.07, 6.45) is 0.611. The number of hydrogen-bond acceptors (Lipinski definition) is 2. The number of rotatable bonds is 5. The van der Waals surface area contributed by atoms with Gasteiger partial charge in [-0.2, -0.15) is 0 Å². The molecule has 3 rings (SSSR count). The van der Waals surface area contributed by atoms with Crippen LogP contribution in [-0.2, 0) is 9.59 Å². The van der Waals surface area contributed by atoms with Crippen LogP contribution in [0, 0.1) is 18.7 Å². The summed E-state index contributed by atoms with van der Waals surface area (Å²) in [5.41, 5.74) is 2.25. The van der Waals surface area contributed by atoms with Crippen molar-refractivity contribution < 1.29 is 14.0 Å². The van der Waals surface area contributed by atoms with Gasteiger partial charge in [0.15, 0.2) is 0 Å². The van der Waals surface area contributed by atoms with E-state index in [0.717, 1.165) is 10.0 Å². The van der Waals surface area contributed by atoms with Gasteiger partial charge in [0.25, 0.3) is 0 Å². The van der Waals surface area contributed by atoms with Gasteiger partial charge < -0.3 is 10.6 Å². The van der Waals surface area contributed by atoms with Crippen molar-refractivity contribution in [1.29, 1.82) is 0 Å². The molecule has 2 aromatic carbocycles. The fourth-order valence-electron chi connectivity index (χ4n) is 2.83. The van der Waals surface area contributed by atoms with Crippen LogP contribution in [0.5, 0.6) is 0 Å². The highest BCUT2D eigenvalue weighted by atomic mass is 79.9. The molecule has 0 saturated heterocycles. The first kappa shape index (κ1) is 17.6. The van der Waals surface area contributed by atoms with E-state index in [1.54, 1.807) is 24.3 Å². The van der Waals surface area contributed by atoms with Crippen molar-refractivity contribution in [2.45, 2.75) is 19.3 Å². The molecule has 0 bridgehead atoms. The third-order valence-corrected chi connectivity index (χ3v) is 5.19. The summed E-state index contributed by atoms with van der Waals surface area (Å²) in [6, 6.07) is 12.0. The smallest absolute Gasteiger partial charge is 0.243 e. The van der Waals surface area contributed by atoms with Crippen LogP contribution < -0.4 is 10.6 Å². The molecular formula is C19H18BrFN2O2. The predicted molar refractivity (Wildman–Crippen MR) is 97.8 cm³/mol. The molecule has 1 saturated carbocycles. The highest BCUT2D eigenvalue weighted by molar-refractivity contribution is 9.10. The maximum Gasteiger partial charge on any atom is 0.243 e. The molecule has 0 spiro atoms. The Hall–Kier alpha value is -2.21. The summed E-state index contributed by atoms with van der Waals surface area (Å²) in [6.45, 7) is 1.83. The molecule has 2 N–H and O–H groups in total. The number of benzene rings is 2. The Balaban J connectivity index is 1.49. The number of nitrogens with one attached hydrogen (secondary N) is 2. The molecule has 1 aliphatic rings. The minimum atomic E-state index is -0.293. The molecule has 0 heterocycles. The fourth-order valence-corrected chi connectivity index (χ4v) is 3.08. The van der Waals surface area contributed by atoms with Crippen molar-refractivity contribution >= 4 is 33.4 Å². The topological polar surface area (TPSA) is 58.2 Å². The molecule has 2 atom stereocenters. The zero-order chi connectivity index (χ0) is 18.0. The second-order valence-corrected chi connectivity index (χ2v) is 7.05. The van der Waals surface area contributed by atoms with Crippen molar-refractivity contribution in [2.75, 3.05) is 11.9 Å². The molecule has 1 fully saturated rings. The molecule has 25 heavy (non-hydrogen) atoms. The van der Waals surface area contributed by atoms with Crippen molar-refractivity contribution in [2.24, 2.45) is 5.92 Å². The minimum absolute atomic E-state index is 0.0987. The number of carbonyl (C=O) groups is 2. The quantitative estimate of drug-likeness (QED) is 0.796. The highest BCUT2D eigenvalue weighted by Gasteiger charge is 2.45. The molecule has 2 amide bonds.